The van der Waals surface area contributed by atoms with Gasteiger partial charge in [-0.05, 0) is 64.4 Å². The van der Waals surface area contributed by atoms with E-state index in [1.165, 1.54) is 22.6 Å². The van der Waals surface area contributed by atoms with Gasteiger partial charge in [-0.25, -0.2) is 24.6 Å². The zero-order valence-electron chi connectivity index (χ0n) is 23.0. The molecule has 1 N–H and O–H groups in total. The number of hydrogen-bond acceptors (Lipinski definition) is 8. The fourth-order valence-electron chi connectivity index (χ4n) is 4.44. The van der Waals surface area contributed by atoms with E-state index in [0.717, 1.165) is 5.39 Å². The molecule has 1 aromatic carbocycles. The van der Waals surface area contributed by atoms with Crippen molar-refractivity contribution < 1.29 is 19.1 Å². The highest BCUT2D eigenvalue weighted by molar-refractivity contribution is 5.88. The molecule has 206 valence electrons. The summed E-state index contributed by atoms with van der Waals surface area (Å²) in [5.41, 5.74) is 0.541. The molecule has 11 nitrogen and oxygen atoms in total. The summed E-state index contributed by atoms with van der Waals surface area (Å²) < 4.78 is 13.0. The van der Waals surface area contributed by atoms with Crippen LogP contribution in [0.2, 0.25) is 0 Å². The Morgan fingerprint density at radius 2 is 1.82 bits per heavy atom. The summed E-state index contributed by atoms with van der Waals surface area (Å²) in [5.74, 6) is 1.54. The van der Waals surface area contributed by atoms with Crippen LogP contribution in [0.15, 0.2) is 59.7 Å². The number of ether oxygens (including phenoxy) is 2. The number of nitrogens with one attached hydrogen (secondary N) is 1. The maximum Gasteiger partial charge on any atom is 0.417 e. The Kier molecular flexibility index (Phi) is 6.97. The van der Waals surface area contributed by atoms with Gasteiger partial charge in [-0.3, -0.25) is 14.2 Å². The minimum absolute atomic E-state index is 0.160. The van der Waals surface area contributed by atoms with Gasteiger partial charge in [0.15, 0.2) is 0 Å². The number of amides is 2. The minimum Gasteiger partial charge on any atom is -0.457 e. The summed E-state index contributed by atoms with van der Waals surface area (Å²) in [5, 5.41) is 3.44. The van der Waals surface area contributed by atoms with Crippen LogP contribution in [0.25, 0.3) is 22.2 Å². The number of carbonyl (C=O) groups is 2. The number of nitrogens with zero attached hydrogens (tertiary/aromatic N) is 5. The summed E-state index contributed by atoms with van der Waals surface area (Å²) in [4.78, 5) is 52.5. The van der Waals surface area contributed by atoms with E-state index >= 15 is 0 Å². The number of pyridine rings is 2. The number of carbonyl (C=O) groups excluding carboxylic acids is 2. The number of benzene rings is 1. The minimum atomic E-state index is -0.673. The summed E-state index contributed by atoms with van der Waals surface area (Å²) in [7, 11) is 0. The van der Waals surface area contributed by atoms with Crippen molar-refractivity contribution in [1.29, 1.82) is 0 Å². The molecule has 0 bridgehead atoms. The molecule has 0 radical (unpaired) electrons. The van der Waals surface area contributed by atoms with Gasteiger partial charge in [0, 0.05) is 43.4 Å². The highest BCUT2D eigenvalue weighted by Gasteiger charge is 2.34. The summed E-state index contributed by atoms with van der Waals surface area (Å²) >= 11 is 0. The molecule has 0 fully saturated rings. The van der Waals surface area contributed by atoms with Gasteiger partial charge >= 0.3 is 6.09 Å². The Morgan fingerprint density at radius 3 is 2.58 bits per heavy atom. The highest BCUT2D eigenvalue weighted by atomic mass is 16.6. The lowest BCUT2D eigenvalue weighted by Crippen LogP contribution is -2.49. The van der Waals surface area contributed by atoms with Crippen LogP contribution in [0.3, 0.4) is 0 Å². The van der Waals surface area contributed by atoms with Crippen LogP contribution in [0.1, 0.15) is 41.0 Å². The number of hydrogen-bond donors (Lipinski definition) is 1. The number of aromatic nitrogens is 4. The van der Waals surface area contributed by atoms with Gasteiger partial charge < -0.3 is 14.8 Å². The predicted octanol–water partition coefficient (Wildman–Crippen LogP) is 5.14. The molecule has 11 heteroatoms. The van der Waals surface area contributed by atoms with Gasteiger partial charge in [-0.1, -0.05) is 6.07 Å². The largest absolute Gasteiger partial charge is 0.457 e. The predicted molar refractivity (Wildman–Crippen MR) is 151 cm³/mol. The van der Waals surface area contributed by atoms with E-state index in [4.69, 9.17) is 14.5 Å². The normalized spacial score (nSPS) is 14.9. The first kappa shape index (κ1) is 26.8. The first-order chi connectivity index (χ1) is 19.0. The summed E-state index contributed by atoms with van der Waals surface area (Å²) in [6.45, 7) is 9.15. The molecule has 2 amide bonds. The van der Waals surface area contributed by atoms with Crippen LogP contribution in [-0.4, -0.2) is 43.2 Å². The summed E-state index contributed by atoms with van der Waals surface area (Å²) in [6, 6.07) is 12.2. The number of fused-ring (bicyclic) bond motifs is 2. The lowest BCUT2D eigenvalue weighted by Gasteiger charge is -2.35. The molecular weight excluding hydrogens is 512 g/mol. The molecule has 4 heterocycles. The van der Waals surface area contributed by atoms with Crippen LogP contribution in [0.4, 0.5) is 16.6 Å². The van der Waals surface area contributed by atoms with Crippen LogP contribution >= 0.6 is 0 Å². The first-order valence-corrected chi connectivity index (χ1v) is 12.9. The Labute approximate surface area is 230 Å². The van der Waals surface area contributed by atoms with Crippen molar-refractivity contribution in [1.82, 2.24) is 19.5 Å². The maximum atomic E-state index is 13.5. The molecule has 1 atom stereocenters. The van der Waals surface area contributed by atoms with E-state index in [2.05, 4.69) is 15.3 Å². The second-order valence-corrected chi connectivity index (χ2v) is 10.6. The molecular formula is C29H30N6O5. The molecule has 4 aromatic rings. The molecule has 0 saturated carbocycles. The van der Waals surface area contributed by atoms with Gasteiger partial charge in [0.2, 0.25) is 11.9 Å². The van der Waals surface area contributed by atoms with Crippen molar-refractivity contribution in [2.24, 2.45) is 0 Å². The Morgan fingerprint density at radius 1 is 1.05 bits per heavy atom. The molecule has 3 aromatic heterocycles. The molecule has 0 saturated heterocycles. The van der Waals surface area contributed by atoms with Crippen LogP contribution < -0.4 is 20.5 Å². The molecule has 1 unspecified atom stereocenters. The first-order valence-electron chi connectivity index (χ1n) is 12.9. The third kappa shape index (κ3) is 5.63. The quantitative estimate of drug-likeness (QED) is 0.375. The van der Waals surface area contributed by atoms with Gasteiger partial charge in [-0.2, -0.15) is 0 Å². The van der Waals surface area contributed by atoms with E-state index in [1.54, 1.807) is 57.3 Å². The monoisotopic (exact) mass is 542 g/mol. The Balaban J connectivity index is 1.42. The average molecular weight is 543 g/mol. The standard InChI is InChI=1S/C29H30N6O5/c1-17-11-13-34-26(37)22(16-31-27(34)35(17)28(38)40-29(3,4)5)24-8-6-19-14-20(7-9-23(19)33-24)39-21-10-12-30-25(15-21)32-18(2)36/h6-10,12,14-17H,11,13H2,1-5H3,(H,30,32,36). The highest BCUT2D eigenvalue weighted by Crippen LogP contribution is 2.29. The molecule has 0 aliphatic carbocycles. The van der Waals surface area contributed by atoms with Crippen LogP contribution in [0.5, 0.6) is 11.5 Å². The van der Waals surface area contributed by atoms with Crippen molar-refractivity contribution >= 4 is 34.7 Å². The van der Waals surface area contributed by atoms with Crippen LogP contribution in [0, 0.1) is 0 Å². The lowest BCUT2D eigenvalue weighted by molar-refractivity contribution is -0.114. The van der Waals surface area contributed by atoms with Crippen molar-refractivity contribution in [2.75, 3.05) is 10.2 Å². The van der Waals surface area contributed by atoms with E-state index in [-0.39, 0.29) is 23.5 Å². The number of rotatable bonds is 4. The van der Waals surface area contributed by atoms with E-state index < -0.39 is 11.7 Å². The topological polar surface area (TPSA) is 129 Å². The maximum absolute atomic E-state index is 13.5. The molecule has 0 spiro atoms. The second kappa shape index (κ2) is 10.4. The lowest BCUT2D eigenvalue weighted by atomic mass is 10.1. The van der Waals surface area contributed by atoms with E-state index in [9.17, 15) is 14.4 Å². The molecule has 5 rings (SSSR count). The SMILES string of the molecule is CC(=O)Nc1cc(Oc2ccc3nc(-c4cnc5n(c4=O)CCC(C)N5C(=O)OC(C)(C)C)ccc3c2)ccn1. The van der Waals surface area contributed by atoms with Gasteiger partial charge in [-0.15, -0.1) is 0 Å². The average Bonchev–Trinajstić information content (AvgIpc) is 2.87. The van der Waals surface area contributed by atoms with Crippen molar-refractivity contribution in [3.63, 3.8) is 0 Å². The third-order valence-corrected chi connectivity index (χ3v) is 6.25. The Bertz CT molecular complexity index is 1680. The second-order valence-electron chi connectivity index (χ2n) is 10.6. The fourth-order valence-corrected chi connectivity index (χ4v) is 4.44. The molecule has 1 aliphatic heterocycles. The third-order valence-electron chi connectivity index (χ3n) is 6.25. The van der Waals surface area contributed by atoms with Crippen molar-refractivity contribution in [3.05, 3.63) is 65.2 Å². The number of anilines is 2. The van der Waals surface area contributed by atoms with E-state index in [0.29, 0.717) is 47.1 Å². The Hall–Kier alpha value is -4.80. The van der Waals surface area contributed by atoms with Gasteiger partial charge in [0.25, 0.3) is 5.56 Å². The fraction of sp³-hybridized carbons (Fsp3) is 0.310. The zero-order chi connectivity index (χ0) is 28.6. The van der Waals surface area contributed by atoms with E-state index in [1.807, 2.05) is 19.1 Å². The smallest absolute Gasteiger partial charge is 0.417 e. The van der Waals surface area contributed by atoms with Crippen molar-refractivity contribution in [3.8, 4) is 22.8 Å². The van der Waals surface area contributed by atoms with Gasteiger partial charge in [0.05, 0.1) is 16.8 Å². The zero-order valence-corrected chi connectivity index (χ0v) is 23.0. The molecule has 1 aliphatic rings. The molecule has 40 heavy (non-hydrogen) atoms. The van der Waals surface area contributed by atoms with Crippen LogP contribution in [-0.2, 0) is 16.1 Å². The van der Waals surface area contributed by atoms with Crippen molar-refractivity contribution in [2.45, 2.75) is 59.2 Å². The van der Waals surface area contributed by atoms with Gasteiger partial charge in [0.1, 0.15) is 22.9 Å². The summed E-state index contributed by atoms with van der Waals surface area (Å²) in [6.07, 6.45) is 3.07.